The molecule has 0 bridgehead atoms. The summed E-state index contributed by atoms with van der Waals surface area (Å²) in [4.78, 5) is 12.1. The zero-order chi connectivity index (χ0) is 10.8. The van der Waals surface area contributed by atoms with E-state index in [1.807, 2.05) is 13.8 Å². The lowest BCUT2D eigenvalue weighted by atomic mass is 9.94. The second kappa shape index (κ2) is 4.14. The van der Waals surface area contributed by atoms with Crippen molar-refractivity contribution < 1.29 is 19.7 Å². The number of nitrogens with zero attached hydrogens (tertiary/aromatic N) is 1. The Morgan fingerprint density at radius 2 is 2.29 bits per heavy atom. The van der Waals surface area contributed by atoms with Crippen LogP contribution in [0.3, 0.4) is 0 Å². The summed E-state index contributed by atoms with van der Waals surface area (Å²) in [6.45, 7) is 4.92. The smallest absolute Gasteiger partial charge is 0.407 e. The van der Waals surface area contributed by atoms with Crippen LogP contribution in [0.4, 0.5) is 4.79 Å². The molecule has 0 aromatic rings. The van der Waals surface area contributed by atoms with Crippen molar-refractivity contribution in [2.24, 2.45) is 5.41 Å². The van der Waals surface area contributed by atoms with Gasteiger partial charge in [-0.25, -0.2) is 4.79 Å². The molecule has 0 aliphatic carbocycles. The summed E-state index contributed by atoms with van der Waals surface area (Å²) < 4.78 is 5.39. The summed E-state index contributed by atoms with van der Waals surface area (Å²) in [5, 5.41) is 17.8. The Bertz CT molecular complexity index is 217. The number of rotatable bonds is 1. The van der Waals surface area contributed by atoms with Gasteiger partial charge in [-0.15, -0.1) is 0 Å². The predicted molar refractivity (Wildman–Crippen MR) is 50.2 cm³/mol. The van der Waals surface area contributed by atoms with E-state index < -0.39 is 12.2 Å². The zero-order valence-corrected chi connectivity index (χ0v) is 8.56. The van der Waals surface area contributed by atoms with E-state index in [9.17, 15) is 4.79 Å². The molecule has 1 amide bonds. The first-order chi connectivity index (χ1) is 6.44. The van der Waals surface area contributed by atoms with Crippen LogP contribution < -0.4 is 0 Å². The molecule has 1 heterocycles. The normalized spacial score (nSPS) is 27.1. The highest BCUT2D eigenvalue weighted by Crippen LogP contribution is 2.22. The van der Waals surface area contributed by atoms with E-state index in [4.69, 9.17) is 14.9 Å². The van der Waals surface area contributed by atoms with Crippen LogP contribution in [-0.4, -0.2) is 53.6 Å². The van der Waals surface area contributed by atoms with Gasteiger partial charge in [-0.05, 0) is 0 Å². The van der Waals surface area contributed by atoms with Gasteiger partial charge in [0.25, 0.3) is 0 Å². The molecular formula is C9H17NO4. The minimum absolute atomic E-state index is 0.139. The molecular weight excluding hydrogens is 186 g/mol. The minimum Gasteiger partial charge on any atom is -0.465 e. The van der Waals surface area contributed by atoms with E-state index in [0.29, 0.717) is 13.2 Å². The summed E-state index contributed by atoms with van der Waals surface area (Å²) in [5.41, 5.74) is -0.192. The zero-order valence-electron chi connectivity index (χ0n) is 8.56. The minimum atomic E-state index is -0.956. The molecule has 1 atom stereocenters. The van der Waals surface area contributed by atoms with Gasteiger partial charge in [0.05, 0.1) is 25.9 Å². The van der Waals surface area contributed by atoms with Crippen LogP contribution in [0.2, 0.25) is 0 Å². The van der Waals surface area contributed by atoms with E-state index in [1.54, 1.807) is 0 Å². The largest absolute Gasteiger partial charge is 0.465 e. The Balaban J connectivity index is 2.70. The first kappa shape index (κ1) is 11.3. The molecule has 14 heavy (non-hydrogen) atoms. The Hall–Kier alpha value is -0.810. The first-order valence-electron chi connectivity index (χ1n) is 4.65. The first-order valence-corrected chi connectivity index (χ1v) is 4.65. The molecule has 0 spiro atoms. The fourth-order valence-corrected chi connectivity index (χ4v) is 1.52. The molecule has 1 rings (SSSR count). The number of amides is 1. The summed E-state index contributed by atoms with van der Waals surface area (Å²) in [7, 11) is 0. The molecule has 1 aliphatic rings. The van der Waals surface area contributed by atoms with Crippen molar-refractivity contribution in [1.29, 1.82) is 0 Å². The van der Waals surface area contributed by atoms with Crippen molar-refractivity contribution in [3.8, 4) is 0 Å². The van der Waals surface area contributed by atoms with Crippen LogP contribution in [0.25, 0.3) is 0 Å². The van der Waals surface area contributed by atoms with Crippen molar-refractivity contribution in [2.45, 2.75) is 20.0 Å². The lowest BCUT2D eigenvalue weighted by Gasteiger charge is -2.26. The molecule has 2 N–H and O–H groups in total. The average molecular weight is 203 g/mol. The highest BCUT2D eigenvalue weighted by atomic mass is 16.5. The van der Waals surface area contributed by atoms with Gasteiger partial charge >= 0.3 is 6.09 Å². The molecule has 0 unspecified atom stereocenters. The molecule has 5 nitrogen and oxygen atoms in total. The van der Waals surface area contributed by atoms with Gasteiger partial charge in [0.15, 0.2) is 0 Å². The Morgan fingerprint density at radius 1 is 1.64 bits per heavy atom. The van der Waals surface area contributed by atoms with Crippen molar-refractivity contribution >= 4 is 6.09 Å². The third kappa shape index (κ3) is 2.85. The maximum atomic E-state index is 10.8. The van der Waals surface area contributed by atoms with Crippen molar-refractivity contribution in [1.82, 2.24) is 4.90 Å². The quantitative estimate of drug-likeness (QED) is 0.646. The summed E-state index contributed by atoms with van der Waals surface area (Å²) in [6.07, 6.45) is -1.35. The van der Waals surface area contributed by atoms with E-state index >= 15 is 0 Å². The van der Waals surface area contributed by atoms with E-state index in [1.165, 1.54) is 4.90 Å². The lowest BCUT2D eigenvalue weighted by molar-refractivity contribution is -0.00567. The van der Waals surface area contributed by atoms with Crippen LogP contribution in [0.15, 0.2) is 0 Å². The monoisotopic (exact) mass is 203 g/mol. The molecule has 1 aliphatic heterocycles. The molecule has 0 aromatic carbocycles. The number of carboxylic acid groups (broad SMARTS) is 1. The SMILES string of the molecule is CC1(C)CO[C@H](CO)CN(C(=O)O)C1. The number of carbonyl (C=O) groups is 1. The summed E-state index contributed by atoms with van der Waals surface area (Å²) >= 11 is 0. The third-order valence-electron chi connectivity index (χ3n) is 2.23. The van der Waals surface area contributed by atoms with Gasteiger partial charge in [0.1, 0.15) is 0 Å². The summed E-state index contributed by atoms with van der Waals surface area (Å²) in [5.74, 6) is 0. The Labute approximate surface area is 83.3 Å². The highest BCUT2D eigenvalue weighted by Gasteiger charge is 2.31. The van der Waals surface area contributed by atoms with Gasteiger partial charge < -0.3 is 19.8 Å². The molecule has 82 valence electrons. The second-order valence-corrected chi connectivity index (χ2v) is 4.44. The maximum Gasteiger partial charge on any atom is 0.407 e. The van der Waals surface area contributed by atoms with Crippen LogP contribution in [0, 0.1) is 5.41 Å². The van der Waals surface area contributed by atoms with Gasteiger partial charge in [-0.1, -0.05) is 13.8 Å². The molecule has 0 aromatic heterocycles. The molecule has 0 radical (unpaired) electrons. The predicted octanol–water partition coefficient (Wildman–Crippen LogP) is 0.384. The summed E-state index contributed by atoms with van der Waals surface area (Å²) in [6, 6.07) is 0. The number of aliphatic hydroxyl groups excluding tert-OH is 1. The van der Waals surface area contributed by atoms with E-state index in [2.05, 4.69) is 0 Å². The van der Waals surface area contributed by atoms with Crippen LogP contribution in [-0.2, 0) is 4.74 Å². The topological polar surface area (TPSA) is 70.0 Å². The maximum absolute atomic E-state index is 10.8. The number of hydrogen-bond donors (Lipinski definition) is 2. The molecule has 0 saturated carbocycles. The third-order valence-corrected chi connectivity index (χ3v) is 2.23. The highest BCUT2D eigenvalue weighted by molar-refractivity contribution is 5.65. The lowest BCUT2D eigenvalue weighted by Crippen LogP contribution is -2.40. The Kier molecular flexibility index (Phi) is 3.34. The van der Waals surface area contributed by atoms with Crippen LogP contribution in [0.1, 0.15) is 13.8 Å². The van der Waals surface area contributed by atoms with Crippen molar-refractivity contribution in [3.63, 3.8) is 0 Å². The van der Waals surface area contributed by atoms with Gasteiger partial charge in [-0.2, -0.15) is 0 Å². The fraction of sp³-hybridized carbons (Fsp3) is 0.889. The van der Waals surface area contributed by atoms with Crippen molar-refractivity contribution in [3.05, 3.63) is 0 Å². The Morgan fingerprint density at radius 3 is 2.79 bits per heavy atom. The van der Waals surface area contributed by atoms with Crippen LogP contribution in [0.5, 0.6) is 0 Å². The average Bonchev–Trinajstić information content (AvgIpc) is 2.23. The molecule has 1 saturated heterocycles. The number of hydrogen-bond acceptors (Lipinski definition) is 3. The van der Waals surface area contributed by atoms with Gasteiger partial charge in [-0.3, -0.25) is 0 Å². The molecule has 5 heteroatoms. The fourth-order valence-electron chi connectivity index (χ4n) is 1.52. The van der Waals surface area contributed by atoms with Crippen molar-refractivity contribution in [2.75, 3.05) is 26.3 Å². The van der Waals surface area contributed by atoms with Gasteiger partial charge in [0, 0.05) is 12.0 Å². The number of ether oxygens (including phenoxy) is 1. The van der Waals surface area contributed by atoms with Crippen LogP contribution >= 0.6 is 0 Å². The van der Waals surface area contributed by atoms with Gasteiger partial charge in [0.2, 0.25) is 0 Å². The second-order valence-electron chi connectivity index (χ2n) is 4.44. The molecule has 1 fully saturated rings. The van der Waals surface area contributed by atoms with E-state index in [0.717, 1.165) is 0 Å². The number of aliphatic hydroxyl groups is 1. The standard InChI is InChI=1S/C9H17NO4/c1-9(2)5-10(8(12)13)3-7(4-11)14-6-9/h7,11H,3-6H2,1-2H3,(H,12,13)/t7-/m0/s1. The van der Waals surface area contributed by atoms with E-state index in [-0.39, 0.29) is 18.6 Å².